The zero-order valence-electron chi connectivity index (χ0n) is 37.6. The second-order valence-electron chi connectivity index (χ2n) is 19.3. The van der Waals surface area contributed by atoms with Gasteiger partial charge in [0, 0.05) is 36.8 Å². The van der Waals surface area contributed by atoms with Gasteiger partial charge in [-0.05, 0) is 70.2 Å². The lowest BCUT2D eigenvalue weighted by Crippen LogP contribution is -2.82. The van der Waals surface area contributed by atoms with Crippen molar-refractivity contribution in [1.29, 1.82) is 0 Å². The standard InChI is InChI=1S/C46H59NO16/c1-12-30(50)58-35-32-23(4)34(59-40(55)33(52)27(18-22(2)3)47-41(56)63-42(6,7)8)26-19-31(51)62-46(26,43(32,9)10)38(60-39(54)25-16-14-13-15-17-25)36-44(11,37(35)53)28(49)20-29-45(36,21-57-29)61-24(5)48/h13-17,19,22,27-29,33-36,38,49,52H,12,18,20-21H2,1-11H3,(H,47,56)/t27?,28-,29+,33+,34+,35+,36-,38?,44+,45-,46?/m0/s1. The van der Waals surface area contributed by atoms with E-state index in [-0.39, 0.29) is 54.1 Å². The molecule has 6 rings (SSSR count). The van der Waals surface area contributed by atoms with Gasteiger partial charge in [-0.3, -0.25) is 14.4 Å². The Kier molecular flexibility index (Phi) is 12.6. The van der Waals surface area contributed by atoms with Crippen LogP contribution < -0.4 is 5.32 Å². The van der Waals surface area contributed by atoms with E-state index in [0.717, 1.165) is 13.0 Å². The van der Waals surface area contributed by atoms with Gasteiger partial charge in [-0.15, -0.1) is 0 Å². The van der Waals surface area contributed by atoms with Crippen molar-refractivity contribution in [2.24, 2.45) is 22.7 Å². The molecule has 2 bridgehead atoms. The number of carbonyl (C=O) groups is 7. The molecule has 11 atom stereocenters. The van der Waals surface area contributed by atoms with Crippen molar-refractivity contribution in [3.8, 4) is 0 Å². The van der Waals surface area contributed by atoms with Crippen LogP contribution in [-0.2, 0) is 57.1 Å². The number of ketones is 1. The average Bonchev–Trinajstić information content (AvgIpc) is 3.55. The van der Waals surface area contributed by atoms with Crippen LogP contribution in [0.25, 0.3) is 0 Å². The Balaban J connectivity index is 1.63. The monoisotopic (exact) mass is 881 g/mol. The van der Waals surface area contributed by atoms with Gasteiger partial charge >= 0.3 is 35.9 Å². The Bertz CT molecular complexity index is 2120. The number of rotatable bonds is 11. The molecule has 17 nitrogen and oxygen atoms in total. The van der Waals surface area contributed by atoms with Crippen molar-refractivity contribution >= 4 is 41.7 Å². The van der Waals surface area contributed by atoms with E-state index in [1.165, 1.54) is 32.9 Å². The number of aliphatic hydroxyl groups is 2. The van der Waals surface area contributed by atoms with Crippen LogP contribution in [0, 0.1) is 22.7 Å². The summed E-state index contributed by atoms with van der Waals surface area (Å²) in [6.45, 7) is 17.0. The molecule has 17 heteroatoms. The van der Waals surface area contributed by atoms with Crippen LogP contribution in [0.5, 0.6) is 0 Å². The summed E-state index contributed by atoms with van der Waals surface area (Å²) in [5.74, 6) is -7.43. The Morgan fingerprint density at radius 3 is 2.19 bits per heavy atom. The summed E-state index contributed by atoms with van der Waals surface area (Å²) in [6.07, 6.45) is -10.2. The first kappa shape index (κ1) is 47.4. The normalized spacial score (nSPS) is 32.7. The molecule has 2 saturated carbocycles. The maximum Gasteiger partial charge on any atom is 0.407 e. The average molecular weight is 882 g/mol. The molecule has 3 N–H and O–H groups in total. The fourth-order valence-corrected chi connectivity index (χ4v) is 10.4. The number of alkyl carbamates (subject to hydrolysis) is 1. The lowest BCUT2D eigenvalue weighted by Gasteiger charge is -2.67. The van der Waals surface area contributed by atoms with Gasteiger partial charge in [-0.1, -0.05) is 52.8 Å². The van der Waals surface area contributed by atoms with Gasteiger partial charge in [0.1, 0.15) is 17.8 Å². The maximum atomic E-state index is 15.7. The maximum absolute atomic E-state index is 15.7. The summed E-state index contributed by atoms with van der Waals surface area (Å²) in [7, 11) is 0. The molecule has 5 aliphatic rings. The van der Waals surface area contributed by atoms with Gasteiger partial charge in [0.25, 0.3) is 0 Å². The number of hydrogen-bond acceptors (Lipinski definition) is 16. The van der Waals surface area contributed by atoms with Crippen molar-refractivity contribution < 1.29 is 76.9 Å². The number of Topliss-reactive ketones (excluding diaryl/α,β-unsaturated/α-hetero) is 1. The third-order valence-corrected chi connectivity index (χ3v) is 13.2. The second-order valence-corrected chi connectivity index (χ2v) is 19.3. The number of carbonyl (C=O) groups excluding carboxylic acids is 7. The number of benzene rings is 1. The smallest absolute Gasteiger partial charge is 0.407 e. The van der Waals surface area contributed by atoms with Crippen LogP contribution >= 0.6 is 0 Å². The lowest BCUT2D eigenvalue weighted by atomic mass is 9.44. The molecule has 3 aliphatic carbocycles. The topological polar surface area (TPSA) is 237 Å². The Hall–Kier alpha value is -5.13. The SMILES string of the molecule is CCC(=O)O[C@H]1C(=O)[C@@]2(C)[C@H](C(OC(=O)c3ccccc3)C34OC(=O)C=C3[C@H](OC(=O)[C@H](O)C(CC(C)C)NC(=O)OC(C)(C)C)C(C)=C1C4(C)C)[C@]1(OC(C)=O)CO[C@@H]1C[C@@H]2O. The zero-order valence-corrected chi connectivity index (χ0v) is 37.6. The Morgan fingerprint density at radius 2 is 1.63 bits per heavy atom. The van der Waals surface area contributed by atoms with Crippen molar-refractivity contribution in [2.75, 3.05) is 6.61 Å². The van der Waals surface area contributed by atoms with Crippen LogP contribution in [0.3, 0.4) is 0 Å². The molecular weight excluding hydrogens is 822 g/mol. The third-order valence-electron chi connectivity index (χ3n) is 13.2. The van der Waals surface area contributed by atoms with Crippen LogP contribution in [0.2, 0.25) is 0 Å². The fraction of sp³-hybridized carbons (Fsp3) is 0.630. The quantitative estimate of drug-likeness (QED) is 0.162. The molecule has 1 aromatic rings. The van der Waals surface area contributed by atoms with Crippen LogP contribution in [-0.4, -0.2) is 118 Å². The molecule has 1 spiro atoms. The van der Waals surface area contributed by atoms with Crippen LogP contribution in [0.1, 0.15) is 106 Å². The van der Waals surface area contributed by atoms with Gasteiger partial charge in [-0.2, -0.15) is 0 Å². The van der Waals surface area contributed by atoms with E-state index in [2.05, 4.69) is 5.32 Å². The van der Waals surface area contributed by atoms with Crippen molar-refractivity contribution in [3.63, 3.8) is 0 Å². The first-order valence-electron chi connectivity index (χ1n) is 21.3. The van der Waals surface area contributed by atoms with Crippen LogP contribution in [0.15, 0.2) is 53.1 Å². The highest BCUT2D eigenvalue weighted by molar-refractivity contribution is 5.97. The number of esters is 5. The number of ether oxygens (including phenoxy) is 7. The minimum absolute atomic E-state index is 0.000189. The lowest BCUT2D eigenvalue weighted by molar-refractivity contribution is -0.342. The molecule has 2 heterocycles. The number of amides is 1. The molecule has 0 radical (unpaired) electrons. The summed E-state index contributed by atoms with van der Waals surface area (Å²) in [6, 6.07) is 6.57. The van der Waals surface area contributed by atoms with E-state index < -0.39 is 118 Å². The molecule has 0 aromatic heterocycles. The molecule has 3 fully saturated rings. The van der Waals surface area contributed by atoms with E-state index >= 15 is 4.79 Å². The molecule has 1 saturated heterocycles. The highest BCUT2D eigenvalue weighted by Gasteiger charge is 2.81. The Labute approximate surface area is 366 Å². The molecule has 2 aliphatic heterocycles. The molecular formula is C46H59NO16. The third kappa shape index (κ3) is 7.94. The highest BCUT2D eigenvalue weighted by atomic mass is 16.6. The van der Waals surface area contributed by atoms with Crippen molar-refractivity contribution in [3.05, 3.63) is 58.7 Å². The first-order valence-corrected chi connectivity index (χ1v) is 21.3. The van der Waals surface area contributed by atoms with Crippen molar-refractivity contribution in [2.45, 2.75) is 155 Å². The predicted octanol–water partition coefficient (Wildman–Crippen LogP) is 3.99. The van der Waals surface area contributed by atoms with Gasteiger partial charge in [0.05, 0.1) is 35.6 Å². The molecule has 1 amide bonds. The molecule has 63 heavy (non-hydrogen) atoms. The summed E-state index contributed by atoms with van der Waals surface area (Å²) in [4.78, 5) is 98.2. The number of hydrogen-bond donors (Lipinski definition) is 3. The summed E-state index contributed by atoms with van der Waals surface area (Å²) < 4.78 is 42.7. The van der Waals surface area contributed by atoms with E-state index in [9.17, 15) is 39.0 Å². The largest absolute Gasteiger partial charge is 0.454 e. The van der Waals surface area contributed by atoms with Crippen molar-refractivity contribution in [1.82, 2.24) is 5.32 Å². The Morgan fingerprint density at radius 1 is 0.984 bits per heavy atom. The fourth-order valence-electron chi connectivity index (χ4n) is 10.4. The molecule has 3 unspecified atom stereocenters. The van der Waals surface area contributed by atoms with E-state index in [4.69, 9.17) is 33.2 Å². The summed E-state index contributed by atoms with van der Waals surface area (Å²) in [5, 5.41) is 26.5. The van der Waals surface area contributed by atoms with Gasteiger partial charge < -0.3 is 48.7 Å². The number of nitrogens with one attached hydrogen (secondary N) is 1. The van der Waals surface area contributed by atoms with Gasteiger partial charge in [-0.25, -0.2) is 19.2 Å². The molecule has 344 valence electrons. The number of fused-ring (bicyclic) bond motifs is 4. The summed E-state index contributed by atoms with van der Waals surface area (Å²) >= 11 is 0. The zero-order chi connectivity index (χ0) is 46.8. The summed E-state index contributed by atoms with van der Waals surface area (Å²) in [5.41, 5.74) is -8.74. The van der Waals surface area contributed by atoms with Gasteiger partial charge in [0.2, 0.25) is 0 Å². The molecule has 1 aromatic carbocycles. The van der Waals surface area contributed by atoms with E-state index in [1.54, 1.807) is 52.8 Å². The van der Waals surface area contributed by atoms with Crippen LogP contribution in [0.4, 0.5) is 4.79 Å². The minimum atomic E-state index is -2.28. The highest BCUT2D eigenvalue weighted by Crippen LogP contribution is 2.67. The van der Waals surface area contributed by atoms with Gasteiger partial charge in [0.15, 0.2) is 35.3 Å². The minimum Gasteiger partial charge on any atom is -0.454 e. The first-order chi connectivity index (χ1) is 29.3. The van der Waals surface area contributed by atoms with E-state index in [1.807, 2.05) is 13.8 Å². The van der Waals surface area contributed by atoms with E-state index in [0.29, 0.717) is 0 Å². The predicted molar refractivity (Wildman–Crippen MR) is 219 cm³/mol. The second kappa shape index (κ2) is 16.8. The number of aliphatic hydroxyl groups excluding tert-OH is 2.